The summed E-state index contributed by atoms with van der Waals surface area (Å²) in [6, 6.07) is 15.2. The van der Waals surface area contributed by atoms with Crippen molar-refractivity contribution in [3.8, 4) is 0 Å². The Hall–Kier alpha value is -2.42. The number of benzene rings is 2. The minimum absolute atomic E-state index is 0.0995. The molecule has 0 spiro atoms. The van der Waals surface area contributed by atoms with Crippen molar-refractivity contribution in [3.05, 3.63) is 78.1 Å². The van der Waals surface area contributed by atoms with E-state index in [1.165, 1.54) is 12.1 Å². The van der Waals surface area contributed by atoms with E-state index in [1.807, 2.05) is 18.2 Å². The highest BCUT2D eigenvalue weighted by molar-refractivity contribution is 5.94. The zero-order valence-electron chi connectivity index (χ0n) is 11.1. The van der Waals surface area contributed by atoms with E-state index < -0.39 is 0 Å². The van der Waals surface area contributed by atoms with Crippen molar-refractivity contribution in [2.75, 3.05) is 6.54 Å². The van der Waals surface area contributed by atoms with Crippen molar-refractivity contribution in [2.24, 2.45) is 0 Å². The highest BCUT2D eigenvalue weighted by Gasteiger charge is 2.04. The van der Waals surface area contributed by atoms with Crippen molar-refractivity contribution < 1.29 is 9.18 Å². The van der Waals surface area contributed by atoms with Crippen molar-refractivity contribution in [1.29, 1.82) is 0 Å². The third-order valence-corrected chi connectivity index (χ3v) is 3.00. The number of hydrogen-bond acceptors (Lipinski definition) is 1. The second kappa shape index (κ2) is 6.66. The van der Waals surface area contributed by atoms with Crippen LogP contribution in [0.15, 0.2) is 61.2 Å². The first-order chi connectivity index (χ1) is 9.66. The molecule has 0 saturated carbocycles. The van der Waals surface area contributed by atoms with E-state index in [1.54, 1.807) is 24.3 Å². The molecule has 0 aliphatic rings. The Kier molecular flexibility index (Phi) is 4.66. The Morgan fingerprint density at radius 2 is 1.65 bits per heavy atom. The molecule has 1 N–H and O–H groups in total. The Bertz CT molecular complexity index is 590. The molecule has 0 unspecified atom stereocenters. The number of amides is 1. The van der Waals surface area contributed by atoms with Gasteiger partial charge in [0.05, 0.1) is 0 Å². The molecule has 1 amide bonds. The fourth-order valence-electron chi connectivity index (χ4n) is 1.85. The average Bonchev–Trinajstić information content (AvgIpc) is 2.48. The quantitative estimate of drug-likeness (QED) is 0.881. The third kappa shape index (κ3) is 3.79. The van der Waals surface area contributed by atoms with Gasteiger partial charge in [-0.25, -0.2) is 4.39 Å². The van der Waals surface area contributed by atoms with Crippen LogP contribution in [0.25, 0.3) is 5.57 Å². The average molecular weight is 269 g/mol. The zero-order chi connectivity index (χ0) is 14.4. The molecule has 0 heterocycles. The van der Waals surface area contributed by atoms with Gasteiger partial charge in [-0.2, -0.15) is 0 Å². The topological polar surface area (TPSA) is 29.1 Å². The van der Waals surface area contributed by atoms with Crippen LogP contribution in [0.4, 0.5) is 4.39 Å². The van der Waals surface area contributed by atoms with Crippen LogP contribution in [-0.2, 0) is 0 Å². The summed E-state index contributed by atoms with van der Waals surface area (Å²) in [4.78, 5) is 11.8. The maximum atomic E-state index is 12.8. The highest BCUT2D eigenvalue weighted by atomic mass is 19.1. The highest BCUT2D eigenvalue weighted by Crippen LogP contribution is 2.15. The second-order valence-corrected chi connectivity index (χ2v) is 4.48. The number of carbonyl (C=O) groups is 1. The Morgan fingerprint density at radius 3 is 2.30 bits per heavy atom. The first-order valence-corrected chi connectivity index (χ1v) is 6.44. The van der Waals surface area contributed by atoms with Gasteiger partial charge in [0.15, 0.2) is 0 Å². The van der Waals surface area contributed by atoms with E-state index in [-0.39, 0.29) is 11.7 Å². The van der Waals surface area contributed by atoms with Crippen LogP contribution in [0.1, 0.15) is 22.3 Å². The minimum Gasteiger partial charge on any atom is -0.352 e. The van der Waals surface area contributed by atoms with Gasteiger partial charge in [-0.1, -0.05) is 36.9 Å². The summed E-state index contributed by atoms with van der Waals surface area (Å²) < 4.78 is 12.8. The van der Waals surface area contributed by atoms with Crippen LogP contribution in [0.5, 0.6) is 0 Å². The molecule has 0 saturated heterocycles. The fourth-order valence-corrected chi connectivity index (χ4v) is 1.85. The van der Waals surface area contributed by atoms with Gasteiger partial charge < -0.3 is 5.32 Å². The molecule has 0 aliphatic heterocycles. The molecule has 0 fully saturated rings. The third-order valence-electron chi connectivity index (χ3n) is 3.00. The number of halogens is 1. The summed E-state index contributed by atoms with van der Waals surface area (Å²) in [5.74, 6) is -0.364. The van der Waals surface area contributed by atoms with Crippen molar-refractivity contribution >= 4 is 11.5 Å². The Balaban J connectivity index is 1.83. The SMILES string of the molecule is C=C(CCNC(=O)c1ccccc1)c1ccc(F)cc1. The number of hydrogen-bond donors (Lipinski definition) is 1. The van der Waals surface area contributed by atoms with E-state index >= 15 is 0 Å². The zero-order valence-corrected chi connectivity index (χ0v) is 11.1. The number of carbonyl (C=O) groups excluding carboxylic acids is 1. The summed E-state index contributed by atoms with van der Waals surface area (Å²) in [5, 5.41) is 2.84. The van der Waals surface area contributed by atoms with Crippen LogP contribution in [-0.4, -0.2) is 12.5 Å². The lowest BCUT2D eigenvalue weighted by Gasteiger charge is -2.08. The van der Waals surface area contributed by atoms with Crippen molar-refractivity contribution in [3.63, 3.8) is 0 Å². The van der Waals surface area contributed by atoms with Gasteiger partial charge in [0, 0.05) is 12.1 Å². The first-order valence-electron chi connectivity index (χ1n) is 6.44. The Morgan fingerprint density at radius 1 is 1.00 bits per heavy atom. The van der Waals surface area contributed by atoms with E-state index in [9.17, 15) is 9.18 Å². The number of nitrogens with one attached hydrogen (secondary N) is 1. The van der Waals surface area contributed by atoms with E-state index in [0.717, 1.165) is 11.1 Å². The molecule has 2 aromatic carbocycles. The number of rotatable bonds is 5. The van der Waals surface area contributed by atoms with Crippen LogP contribution in [0.3, 0.4) is 0 Å². The molecule has 102 valence electrons. The molecule has 0 bridgehead atoms. The molecule has 2 rings (SSSR count). The van der Waals surface area contributed by atoms with Crippen LogP contribution >= 0.6 is 0 Å². The van der Waals surface area contributed by atoms with Gasteiger partial charge in [0.1, 0.15) is 5.82 Å². The molecular formula is C17H16FNO. The van der Waals surface area contributed by atoms with Gasteiger partial charge in [0.2, 0.25) is 0 Å². The Labute approximate surface area is 118 Å². The first kappa shape index (κ1) is 14.0. The molecule has 3 heteroatoms. The molecule has 0 radical (unpaired) electrons. The lowest BCUT2D eigenvalue weighted by molar-refractivity contribution is 0.0954. The van der Waals surface area contributed by atoms with E-state index in [4.69, 9.17) is 0 Å². The lowest BCUT2D eigenvalue weighted by atomic mass is 10.0. The van der Waals surface area contributed by atoms with E-state index in [0.29, 0.717) is 18.5 Å². The standard InChI is InChI=1S/C17H16FNO/c1-13(14-7-9-16(18)10-8-14)11-12-19-17(20)15-5-3-2-4-6-15/h2-10H,1,11-12H2,(H,19,20). The van der Waals surface area contributed by atoms with Crippen LogP contribution in [0, 0.1) is 5.82 Å². The summed E-state index contributed by atoms with van der Waals surface area (Å²) in [6.07, 6.45) is 0.629. The summed E-state index contributed by atoms with van der Waals surface area (Å²) in [5.41, 5.74) is 2.40. The van der Waals surface area contributed by atoms with Crippen molar-refractivity contribution in [2.45, 2.75) is 6.42 Å². The van der Waals surface area contributed by atoms with Gasteiger partial charge in [0.25, 0.3) is 5.91 Å². The van der Waals surface area contributed by atoms with Crippen LogP contribution in [0.2, 0.25) is 0 Å². The lowest BCUT2D eigenvalue weighted by Crippen LogP contribution is -2.24. The van der Waals surface area contributed by atoms with Crippen LogP contribution < -0.4 is 5.32 Å². The molecule has 20 heavy (non-hydrogen) atoms. The molecule has 2 aromatic rings. The minimum atomic E-state index is -0.265. The van der Waals surface area contributed by atoms with E-state index in [2.05, 4.69) is 11.9 Å². The molecule has 0 aromatic heterocycles. The maximum absolute atomic E-state index is 12.8. The normalized spacial score (nSPS) is 10.1. The predicted octanol–water partition coefficient (Wildman–Crippen LogP) is 3.66. The largest absolute Gasteiger partial charge is 0.352 e. The summed E-state index contributed by atoms with van der Waals surface area (Å²) >= 11 is 0. The molecule has 0 aliphatic carbocycles. The van der Waals surface area contributed by atoms with Gasteiger partial charge >= 0.3 is 0 Å². The fraction of sp³-hybridized carbons (Fsp3) is 0.118. The second-order valence-electron chi connectivity index (χ2n) is 4.48. The summed E-state index contributed by atoms with van der Waals surface area (Å²) in [6.45, 7) is 4.45. The maximum Gasteiger partial charge on any atom is 0.251 e. The molecular weight excluding hydrogens is 253 g/mol. The predicted molar refractivity (Wildman–Crippen MR) is 78.8 cm³/mol. The van der Waals surface area contributed by atoms with Gasteiger partial charge in [-0.3, -0.25) is 4.79 Å². The summed E-state index contributed by atoms with van der Waals surface area (Å²) in [7, 11) is 0. The monoisotopic (exact) mass is 269 g/mol. The van der Waals surface area contributed by atoms with Crippen molar-refractivity contribution in [1.82, 2.24) is 5.32 Å². The van der Waals surface area contributed by atoms with Gasteiger partial charge in [-0.15, -0.1) is 0 Å². The molecule has 0 atom stereocenters. The molecule has 2 nitrogen and oxygen atoms in total. The smallest absolute Gasteiger partial charge is 0.251 e. The van der Waals surface area contributed by atoms with Gasteiger partial charge in [-0.05, 0) is 41.8 Å².